The standard InChI is InChI=1S/C25H29N3O3/c1-17-5-6-21(15-18(17)2)25(29)28-13-11-27(12-14-28)16-23-19(3)31-24(26-23)20-7-9-22(30-4)10-8-20/h5-10,15H,11-14,16H2,1-4H3. The lowest BCUT2D eigenvalue weighted by atomic mass is 10.1. The Kier molecular flexibility index (Phi) is 6.09. The largest absolute Gasteiger partial charge is 0.497 e. The number of nitrogens with zero attached hydrogens (tertiary/aromatic N) is 3. The Morgan fingerprint density at radius 2 is 1.71 bits per heavy atom. The number of aryl methyl sites for hydroxylation is 3. The van der Waals surface area contributed by atoms with Crippen molar-refractivity contribution in [3.63, 3.8) is 0 Å². The summed E-state index contributed by atoms with van der Waals surface area (Å²) in [5.74, 6) is 2.38. The minimum atomic E-state index is 0.113. The van der Waals surface area contributed by atoms with Crippen LogP contribution in [0.2, 0.25) is 0 Å². The molecular formula is C25H29N3O3. The van der Waals surface area contributed by atoms with Gasteiger partial charge < -0.3 is 14.1 Å². The van der Waals surface area contributed by atoms with Crippen LogP contribution >= 0.6 is 0 Å². The molecular weight excluding hydrogens is 390 g/mol. The van der Waals surface area contributed by atoms with Crippen LogP contribution in [0.5, 0.6) is 5.75 Å². The number of hydrogen-bond acceptors (Lipinski definition) is 5. The molecule has 1 fully saturated rings. The Morgan fingerprint density at radius 3 is 2.35 bits per heavy atom. The van der Waals surface area contributed by atoms with E-state index in [0.29, 0.717) is 19.0 Å². The summed E-state index contributed by atoms with van der Waals surface area (Å²) >= 11 is 0. The van der Waals surface area contributed by atoms with E-state index in [1.807, 2.05) is 61.2 Å². The summed E-state index contributed by atoms with van der Waals surface area (Å²) in [5, 5.41) is 0. The summed E-state index contributed by atoms with van der Waals surface area (Å²) in [7, 11) is 1.65. The smallest absolute Gasteiger partial charge is 0.253 e. The van der Waals surface area contributed by atoms with E-state index in [2.05, 4.69) is 11.8 Å². The number of oxazole rings is 1. The molecule has 2 aromatic carbocycles. The molecule has 0 bridgehead atoms. The highest BCUT2D eigenvalue weighted by atomic mass is 16.5. The fraction of sp³-hybridized carbons (Fsp3) is 0.360. The van der Waals surface area contributed by atoms with E-state index in [0.717, 1.165) is 53.5 Å². The number of piperazine rings is 1. The van der Waals surface area contributed by atoms with Gasteiger partial charge in [0.25, 0.3) is 5.91 Å². The molecule has 0 N–H and O–H groups in total. The first-order valence-electron chi connectivity index (χ1n) is 10.6. The van der Waals surface area contributed by atoms with E-state index < -0.39 is 0 Å². The Balaban J connectivity index is 1.37. The molecule has 162 valence electrons. The van der Waals surface area contributed by atoms with Gasteiger partial charge in [-0.15, -0.1) is 0 Å². The molecule has 4 rings (SSSR count). The maximum atomic E-state index is 12.9. The number of carbonyl (C=O) groups is 1. The van der Waals surface area contributed by atoms with Crippen molar-refractivity contribution in [1.82, 2.24) is 14.8 Å². The quantitative estimate of drug-likeness (QED) is 0.619. The second kappa shape index (κ2) is 8.94. The van der Waals surface area contributed by atoms with Crippen molar-refractivity contribution >= 4 is 5.91 Å². The molecule has 0 saturated carbocycles. The van der Waals surface area contributed by atoms with Crippen LogP contribution in [0.1, 0.15) is 32.9 Å². The highest BCUT2D eigenvalue weighted by Crippen LogP contribution is 2.25. The number of benzene rings is 2. The maximum absolute atomic E-state index is 12.9. The second-order valence-electron chi connectivity index (χ2n) is 8.12. The van der Waals surface area contributed by atoms with Gasteiger partial charge in [-0.05, 0) is 68.3 Å². The van der Waals surface area contributed by atoms with Crippen molar-refractivity contribution in [2.24, 2.45) is 0 Å². The van der Waals surface area contributed by atoms with Crippen LogP contribution in [0.3, 0.4) is 0 Å². The Hall–Kier alpha value is -3.12. The van der Waals surface area contributed by atoms with Crippen LogP contribution in [0.15, 0.2) is 46.9 Å². The lowest BCUT2D eigenvalue weighted by molar-refractivity contribution is 0.0626. The van der Waals surface area contributed by atoms with Crippen LogP contribution in [0.4, 0.5) is 0 Å². The fourth-order valence-corrected chi connectivity index (χ4v) is 3.81. The van der Waals surface area contributed by atoms with E-state index in [9.17, 15) is 4.79 Å². The summed E-state index contributed by atoms with van der Waals surface area (Å²) < 4.78 is 11.1. The average molecular weight is 420 g/mol. The second-order valence-corrected chi connectivity index (χ2v) is 8.12. The first kappa shape index (κ1) is 21.1. The van der Waals surface area contributed by atoms with Crippen molar-refractivity contribution in [1.29, 1.82) is 0 Å². The minimum Gasteiger partial charge on any atom is -0.497 e. The van der Waals surface area contributed by atoms with Gasteiger partial charge in [0.1, 0.15) is 11.5 Å². The Bertz CT molecular complexity index is 1060. The number of carbonyl (C=O) groups excluding carboxylic acids is 1. The van der Waals surface area contributed by atoms with Gasteiger partial charge in [-0.3, -0.25) is 9.69 Å². The molecule has 6 nitrogen and oxygen atoms in total. The molecule has 1 aliphatic heterocycles. The SMILES string of the molecule is COc1ccc(-c2nc(CN3CCN(C(=O)c4ccc(C)c(C)c4)CC3)c(C)o2)cc1. The van der Waals surface area contributed by atoms with Crippen molar-refractivity contribution in [2.75, 3.05) is 33.3 Å². The van der Waals surface area contributed by atoms with Crippen LogP contribution in [-0.2, 0) is 6.54 Å². The first-order chi connectivity index (χ1) is 14.9. The topological polar surface area (TPSA) is 58.8 Å². The summed E-state index contributed by atoms with van der Waals surface area (Å²) in [4.78, 5) is 21.8. The van der Waals surface area contributed by atoms with Gasteiger partial charge in [0.15, 0.2) is 0 Å². The van der Waals surface area contributed by atoms with E-state index in [4.69, 9.17) is 14.1 Å². The fourth-order valence-electron chi connectivity index (χ4n) is 3.81. The minimum absolute atomic E-state index is 0.113. The number of hydrogen-bond donors (Lipinski definition) is 0. The predicted molar refractivity (Wildman–Crippen MR) is 120 cm³/mol. The van der Waals surface area contributed by atoms with E-state index in [1.54, 1.807) is 7.11 Å². The summed E-state index contributed by atoms with van der Waals surface area (Å²) in [6.07, 6.45) is 0. The van der Waals surface area contributed by atoms with E-state index in [1.165, 1.54) is 5.56 Å². The number of rotatable bonds is 5. The molecule has 3 aromatic rings. The third-order valence-corrected chi connectivity index (χ3v) is 6.02. The summed E-state index contributed by atoms with van der Waals surface area (Å²) in [6.45, 7) is 9.86. The van der Waals surface area contributed by atoms with Crippen LogP contribution in [0.25, 0.3) is 11.5 Å². The normalized spacial score (nSPS) is 14.6. The highest BCUT2D eigenvalue weighted by molar-refractivity contribution is 5.94. The van der Waals surface area contributed by atoms with Crippen molar-refractivity contribution in [2.45, 2.75) is 27.3 Å². The molecule has 0 unspecified atom stereocenters. The zero-order valence-electron chi connectivity index (χ0n) is 18.6. The Labute approximate surface area is 183 Å². The number of aromatic nitrogens is 1. The number of ether oxygens (including phenoxy) is 1. The summed E-state index contributed by atoms with van der Waals surface area (Å²) in [6, 6.07) is 13.6. The van der Waals surface area contributed by atoms with Gasteiger partial charge in [-0.1, -0.05) is 6.07 Å². The summed E-state index contributed by atoms with van der Waals surface area (Å²) in [5.41, 5.74) is 5.00. The molecule has 0 atom stereocenters. The monoisotopic (exact) mass is 419 g/mol. The van der Waals surface area contributed by atoms with Crippen molar-refractivity contribution in [3.05, 3.63) is 70.6 Å². The lowest BCUT2D eigenvalue weighted by Gasteiger charge is -2.34. The third-order valence-electron chi connectivity index (χ3n) is 6.02. The predicted octanol–water partition coefficient (Wildman–Crippen LogP) is 4.23. The molecule has 6 heteroatoms. The van der Waals surface area contributed by atoms with Crippen molar-refractivity contribution in [3.8, 4) is 17.2 Å². The Morgan fingerprint density at radius 1 is 1.00 bits per heavy atom. The molecule has 0 aliphatic carbocycles. The van der Waals surface area contributed by atoms with Gasteiger partial charge in [0, 0.05) is 43.9 Å². The molecule has 0 radical (unpaired) electrons. The van der Waals surface area contributed by atoms with Gasteiger partial charge in [0.2, 0.25) is 5.89 Å². The molecule has 1 amide bonds. The van der Waals surface area contributed by atoms with Gasteiger partial charge in [-0.25, -0.2) is 4.98 Å². The molecule has 1 saturated heterocycles. The van der Waals surface area contributed by atoms with Crippen LogP contribution < -0.4 is 4.74 Å². The molecule has 31 heavy (non-hydrogen) atoms. The lowest BCUT2D eigenvalue weighted by Crippen LogP contribution is -2.48. The molecule has 2 heterocycles. The number of methoxy groups -OCH3 is 1. The van der Waals surface area contributed by atoms with E-state index in [-0.39, 0.29) is 5.91 Å². The van der Waals surface area contributed by atoms with Crippen molar-refractivity contribution < 1.29 is 13.9 Å². The van der Waals surface area contributed by atoms with E-state index >= 15 is 0 Å². The van der Waals surface area contributed by atoms with Gasteiger partial charge in [-0.2, -0.15) is 0 Å². The average Bonchev–Trinajstić information content (AvgIpc) is 3.16. The zero-order chi connectivity index (χ0) is 22.0. The molecule has 0 spiro atoms. The number of amides is 1. The molecule has 1 aliphatic rings. The zero-order valence-corrected chi connectivity index (χ0v) is 18.6. The van der Waals surface area contributed by atoms with Crippen LogP contribution in [-0.4, -0.2) is 54.0 Å². The van der Waals surface area contributed by atoms with Crippen LogP contribution in [0, 0.1) is 20.8 Å². The maximum Gasteiger partial charge on any atom is 0.253 e. The first-order valence-corrected chi connectivity index (χ1v) is 10.6. The molecule has 1 aromatic heterocycles. The highest BCUT2D eigenvalue weighted by Gasteiger charge is 2.24. The van der Waals surface area contributed by atoms with Gasteiger partial charge >= 0.3 is 0 Å². The third kappa shape index (κ3) is 4.64. The van der Waals surface area contributed by atoms with Gasteiger partial charge in [0.05, 0.1) is 12.8 Å².